The van der Waals surface area contributed by atoms with E-state index in [1.54, 1.807) is 0 Å². The summed E-state index contributed by atoms with van der Waals surface area (Å²) < 4.78 is 10.3. The van der Waals surface area contributed by atoms with Gasteiger partial charge in [0.05, 0.1) is 13.1 Å². The van der Waals surface area contributed by atoms with Gasteiger partial charge in [0.25, 0.3) is 0 Å². The lowest BCUT2D eigenvalue weighted by atomic mass is 10.2. The molecule has 2 heterocycles. The fraction of sp³-hybridized carbons (Fsp3) is 0.429. The van der Waals surface area contributed by atoms with Crippen LogP contribution in [0.25, 0.3) is 0 Å². The lowest BCUT2D eigenvalue weighted by Crippen LogP contribution is -1.99. The van der Waals surface area contributed by atoms with E-state index in [0.29, 0.717) is 0 Å². The summed E-state index contributed by atoms with van der Waals surface area (Å²) in [6, 6.07) is 9.96. The van der Waals surface area contributed by atoms with Crippen LogP contribution in [0.15, 0.2) is 40.3 Å². The molecule has 0 radical (unpaired) electrons. The van der Waals surface area contributed by atoms with E-state index in [-0.39, 0.29) is 0 Å². The monoisotopic (exact) mass is 246 g/mol. The molecule has 0 aromatic heterocycles. The van der Waals surface area contributed by atoms with Gasteiger partial charge in [-0.3, -0.25) is 4.99 Å². The van der Waals surface area contributed by atoms with Crippen LogP contribution in [0.4, 0.5) is 0 Å². The van der Waals surface area contributed by atoms with Crippen LogP contribution in [-0.2, 0) is 9.47 Å². The van der Waals surface area contributed by atoms with Crippen molar-refractivity contribution in [1.82, 2.24) is 0 Å². The van der Waals surface area contributed by atoms with Crippen molar-refractivity contribution in [3.8, 4) is 0 Å². The quantitative estimate of drug-likeness (QED) is 0.803. The highest BCUT2D eigenvalue weighted by Crippen LogP contribution is 2.06. The summed E-state index contributed by atoms with van der Waals surface area (Å²) >= 11 is 0. The van der Waals surface area contributed by atoms with Crippen molar-refractivity contribution in [2.45, 2.75) is 13.3 Å². The molecule has 1 aromatic carbocycles. The van der Waals surface area contributed by atoms with Crippen molar-refractivity contribution < 1.29 is 9.47 Å². The van der Waals surface area contributed by atoms with Gasteiger partial charge in [0.1, 0.15) is 13.2 Å². The predicted molar refractivity (Wildman–Crippen MR) is 72.3 cm³/mol. The van der Waals surface area contributed by atoms with E-state index in [1.807, 2.05) is 37.3 Å². The molecule has 18 heavy (non-hydrogen) atoms. The largest absolute Gasteiger partial charge is 0.479 e. The third kappa shape index (κ3) is 3.58. The number of rotatable bonds is 2. The van der Waals surface area contributed by atoms with Crippen LogP contribution in [0.3, 0.4) is 0 Å². The normalized spacial score (nSPS) is 16.9. The molecular weight excluding hydrogens is 228 g/mol. The van der Waals surface area contributed by atoms with E-state index < -0.39 is 0 Å². The van der Waals surface area contributed by atoms with Crippen molar-refractivity contribution in [1.29, 1.82) is 0 Å². The molecule has 4 nitrogen and oxygen atoms in total. The van der Waals surface area contributed by atoms with Crippen molar-refractivity contribution in [3.63, 3.8) is 0 Å². The van der Waals surface area contributed by atoms with Gasteiger partial charge in [0.15, 0.2) is 5.90 Å². The molecule has 0 N–H and O–H groups in total. The van der Waals surface area contributed by atoms with Gasteiger partial charge in [-0.1, -0.05) is 25.1 Å². The highest BCUT2D eigenvalue weighted by atomic mass is 16.5. The molecule has 3 rings (SSSR count). The van der Waals surface area contributed by atoms with Gasteiger partial charge >= 0.3 is 0 Å². The second-order valence-electron chi connectivity index (χ2n) is 3.88. The van der Waals surface area contributed by atoms with Gasteiger partial charge in [-0.15, -0.1) is 0 Å². The number of ether oxygens (including phenoxy) is 2. The average Bonchev–Trinajstić information content (AvgIpc) is 3.14. The average molecular weight is 246 g/mol. The topological polar surface area (TPSA) is 43.2 Å². The zero-order valence-electron chi connectivity index (χ0n) is 10.6. The highest BCUT2D eigenvalue weighted by Gasteiger charge is 2.07. The number of nitrogens with zero attached hydrogens (tertiary/aromatic N) is 2. The van der Waals surface area contributed by atoms with Crippen LogP contribution < -0.4 is 0 Å². The summed E-state index contributed by atoms with van der Waals surface area (Å²) in [5, 5.41) is 0. The van der Waals surface area contributed by atoms with E-state index in [2.05, 4.69) is 9.98 Å². The maximum Gasteiger partial charge on any atom is 0.216 e. The van der Waals surface area contributed by atoms with Gasteiger partial charge < -0.3 is 9.47 Å². The van der Waals surface area contributed by atoms with E-state index in [4.69, 9.17) is 9.47 Å². The molecule has 0 saturated carbocycles. The zero-order valence-corrected chi connectivity index (χ0v) is 10.6. The second-order valence-corrected chi connectivity index (χ2v) is 3.88. The third-order valence-electron chi connectivity index (χ3n) is 2.56. The van der Waals surface area contributed by atoms with Gasteiger partial charge in [-0.25, -0.2) is 4.99 Å². The lowest BCUT2D eigenvalue weighted by Gasteiger charge is -1.98. The van der Waals surface area contributed by atoms with E-state index >= 15 is 0 Å². The zero-order chi connectivity index (χ0) is 12.6. The molecule has 2 aliphatic heterocycles. The Kier molecular flexibility index (Phi) is 4.76. The van der Waals surface area contributed by atoms with Crippen molar-refractivity contribution in [3.05, 3.63) is 35.9 Å². The molecular formula is C14H18N2O2. The van der Waals surface area contributed by atoms with E-state index in [1.165, 1.54) is 0 Å². The maximum atomic E-state index is 5.29. The molecule has 0 bridgehead atoms. The first-order valence-electron chi connectivity index (χ1n) is 6.29. The van der Waals surface area contributed by atoms with Crippen LogP contribution in [0.2, 0.25) is 0 Å². The smallest absolute Gasteiger partial charge is 0.216 e. The molecule has 0 unspecified atom stereocenters. The highest BCUT2D eigenvalue weighted by molar-refractivity contribution is 5.94. The van der Waals surface area contributed by atoms with Crippen LogP contribution in [0.1, 0.15) is 18.9 Å². The van der Waals surface area contributed by atoms with Crippen molar-refractivity contribution in [2.24, 2.45) is 9.98 Å². The van der Waals surface area contributed by atoms with Gasteiger partial charge in [-0.05, 0) is 12.1 Å². The van der Waals surface area contributed by atoms with E-state index in [9.17, 15) is 0 Å². The Morgan fingerprint density at radius 2 is 1.72 bits per heavy atom. The summed E-state index contributed by atoms with van der Waals surface area (Å²) in [6.45, 7) is 5.23. The fourth-order valence-corrected chi connectivity index (χ4v) is 1.68. The van der Waals surface area contributed by atoms with Crippen LogP contribution >= 0.6 is 0 Å². The fourth-order valence-electron chi connectivity index (χ4n) is 1.68. The van der Waals surface area contributed by atoms with Gasteiger partial charge in [-0.2, -0.15) is 0 Å². The Balaban J connectivity index is 0.000000149. The molecule has 0 amide bonds. The number of benzene rings is 1. The second kappa shape index (κ2) is 6.79. The molecule has 0 saturated heterocycles. The molecule has 2 aliphatic rings. The minimum atomic E-state index is 0.726. The summed E-state index contributed by atoms with van der Waals surface area (Å²) in [6.07, 6.45) is 0.944. The summed E-state index contributed by atoms with van der Waals surface area (Å²) in [4.78, 5) is 8.25. The summed E-state index contributed by atoms with van der Waals surface area (Å²) in [5.41, 5.74) is 1.07. The van der Waals surface area contributed by atoms with E-state index in [0.717, 1.165) is 50.1 Å². The Bertz CT molecular complexity index is 427. The Morgan fingerprint density at radius 3 is 2.22 bits per heavy atom. The minimum absolute atomic E-state index is 0.726. The molecule has 96 valence electrons. The summed E-state index contributed by atoms with van der Waals surface area (Å²) in [7, 11) is 0. The SMILES string of the molecule is CCC1=NCCO1.c1ccc(C2=NCCO2)cc1. The standard InChI is InChI=1S/C9H9NO.C5H9NO/c1-2-4-8(5-3-1)9-10-6-7-11-9;1-2-5-6-3-4-7-5/h1-5H,6-7H2;2-4H2,1H3. The number of hydrogen-bond donors (Lipinski definition) is 0. The molecule has 1 aromatic rings. The first-order valence-corrected chi connectivity index (χ1v) is 6.29. The first-order chi connectivity index (χ1) is 8.90. The summed E-state index contributed by atoms with van der Waals surface area (Å²) in [5.74, 6) is 1.70. The predicted octanol–water partition coefficient (Wildman–Crippen LogP) is 2.29. The Hall–Kier alpha value is -1.84. The minimum Gasteiger partial charge on any atom is -0.479 e. The molecule has 4 heteroatoms. The Labute approximate surface area is 107 Å². The Morgan fingerprint density at radius 1 is 1.00 bits per heavy atom. The third-order valence-corrected chi connectivity index (χ3v) is 2.56. The van der Waals surface area contributed by atoms with Crippen molar-refractivity contribution >= 4 is 11.8 Å². The van der Waals surface area contributed by atoms with Crippen molar-refractivity contribution in [2.75, 3.05) is 26.3 Å². The first kappa shape index (κ1) is 12.6. The maximum absolute atomic E-state index is 5.29. The van der Waals surface area contributed by atoms with Crippen LogP contribution in [0.5, 0.6) is 0 Å². The van der Waals surface area contributed by atoms with Crippen LogP contribution in [-0.4, -0.2) is 38.1 Å². The van der Waals surface area contributed by atoms with Crippen LogP contribution in [0, 0.1) is 0 Å². The molecule has 0 atom stereocenters. The lowest BCUT2D eigenvalue weighted by molar-refractivity contribution is 0.340. The number of aliphatic imine (C=N–C) groups is 2. The van der Waals surface area contributed by atoms with Gasteiger partial charge in [0, 0.05) is 12.0 Å². The molecule has 0 fully saturated rings. The van der Waals surface area contributed by atoms with Gasteiger partial charge in [0.2, 0.25) is 5.90 Å². The molecule has 0 aliphatic carbocycles. The number of hydrogen-bond acceptors (Lipinski definition) is 4. The molecule has 0 spiro atoms.